The lowest BCUT2D eigenvalue weighted by atomic mass is 9.88. The minimum Gasteiger partial charge on any atom is -0.478 e. The Hall–Kier alpha value is -3.40. The van der Waals surface area contributed by atoms with Gasteiger partial charge < -0.3 is 23.9 Å². The Morgan fingerprint density at radius 1 is 1.22 bits per heavy atom. The molecule has 8 nitrogen and oxygen atoms in total. The minimum atomic E-state index is -1.28. The van der Waals surface area contributed by atoms with Gasteiger partial charge in [0.25, 0.3) is 5.79 Å². The Balaban J connectivity index is 1.12. The number of halogens is 2. The molecule has 3 heterocycles. The Bertz CT molecular complexity index is 1460. The Labute approximate surface area is 243 Å². The lowest BCUT2D eigenvalue weighted by Crippen LogP contribution is -2.34. The van der Waals surface area contributed by atoms with E-state index in [2.05, 4.69) is 20.5 Å². The molecule has 0 bridgehead atoms. The van der Waals surface area contributed by atoms with Crippen LogP contribution < -0.4 is 9.47 Å². The number of nitrogens with zero attached hydrogens (tertiary/aromatic N) is 3. The van der Waals surface area contributed by atoms with Gasteiger partial charge in [0.05, 0.1) is 36.7 Å². The number of aliphatic carboxylic acids is 1. The summed E-state index contributed by atoms with van der Waals surface area (Å²) in [5, 5.41) is 9.41. The van der Waals surface area contributed by atoms with Gasteiger partial charge in [-0.05, 0) is 75.0 Å². The Kier molecular flexibility index (Phi) is 7.76. The van der Waals surface area contributed by atoms with E-state index in [1.807, 2.05) is 12.1 Å². The largest absolute Gasteiger partial charge is 0.478 e. The number of carbonyl (C=O) groups is 1. The number of imidazole rings is 1. The molecule has 2 aliphatic heterocycles. The van der Waals surface area contributed by atoms with Crippen LogP contribution in [0.3, 0.4) is 0 Å². The molecule has 1 aliphatic carbocycles. The number of carboxylic acid groups (broad SMARTS) is 1. The lowest BCUT2D eigenvalue weighted by Gasteiger charge is -2.32. The van der Waals surface area contributed by atoms with Gasteiger partial charge in [-0.3, -0.25) is 4.90 Å². The SMILES string of the molecule is CC1(c2ccc(Cl)cc2F)Oc2cccc(C3CCN(Cc4ncc(/C=C/C(=O)O)n4CCOC4CC4)CC3)c2O1. The third-order valence-electron chi connectivity index (χ3n) is 7.98. The Morgan fingerprint density at radius 2 is 2.02 bits per heavy atom. The van der Waals surface area contributed by atoms with Gasteiger partial charge >= 0.3 is 5.97 Å². The molecule has 1 saturated carbocycles. The van der Waals surface area contributed by atoms with Gasteiger partial charge in [-0.1, -0.05) is 23.7 Å². The van der Waals surface area contributed by atoms with Crippen molar-refractivity contribution in [2.75, 3.05) is 19.7 Å². The van der Waals surface area contributed by atoms with Crippen molar-refractivity contribution in [3.63, 3.8) is 0 Å². The minimum absolute atomic E-state index is 0.267. The van der Waals surface area contributed by atoms with Gasteiger partial charge in [0.2, 0.25) is 0 Å². The number of rotatable bonds is 10. The van der Waals surface area contributed by atoms with Crippen LogP contribution in [0.2, 0.25) is 5.02 Å². The van der Waals surface area contributed by atoms with Gasteiger partial charge in [-0.15, -0.1) is 0 Å². The number of likely N-dealkylation sites (tertiary alicyclic amines) is 1. The van der Waals surface area contributed by atoms with E-state index in [-0.39, 0.29) is 5.92 Å². The monoisotopic (exact) mass is 581 g/mol. The predicted molar refractivity (Wildman–Crippen MR) is 152 cm³/mol. The average Bonchev–Trinajstić information content (AvgIpc) is 3.59. The topological polar surface area (TPSA) is 86.1 Å². The maximum Gasteiger partial charge on any atom is 0.328 e. The van der Waals surface area contributed by atoms with Crippen LogP contribution >= 0.6 is 11.6 Å². The van der Waals surface area contributed by atoms with Crippen LogP contribution in [0.15, 0.2) is 48.7 Å². The zero-order valence-corrected chi connectivity index (χ0v) is 23.6. The lowest BCUT2D eigenvalue weighted by molar-refractivity contribution is -0.131. The smallest absolute Gasteiger partial charge is 0.328 e. The van der Waals surface area contributed by atoms with E-state index in [1.165, 1.54) is 6.07 Å². The molecule has 1 saturated heterocycles. The highest BCUT2D eigenvalue weighted by molar-refractivity contribution is 6.30. The summed E-state index contributed by atoms with van der Waals surface area (Å²) in [5.74, 6) is -0.296. The van der Waals surface area contributed by atoms with E-state index in [4.69, 9.17) is 30.9 Å². The second kappa shape index (κ2) is 11.5. The van der Waals surface area contributed by atoms with Crippen LogP contribution in [0.25, 0.3) is 6.08 Å². The molecule has 10 heteroatoms. The zero-order chi connectivity index (χ0) is 28.6. The summed E-state index contributed by atoms with van der Waals surface area (Å²) < 4.78 is 35.2. The summed E-state index contributed by atoms with van der Waals surface area (Å²) in [7, 11) is 0. The van der Waals surface area contributed by atoms with E-state index in [0.29, 0.717) is 47.9 Å². The first-order valence-electron chi connectivity index (χ1n) is 14.0. The summed E-state index contributed by atoms with van der Waals surface area (Å²) >= 11 is 5.96. The van der Waals surface area contributed by atoms with Crippen molar-refractivity contribution in [1.29, 1.82) is 0 Å². The molecule has 216 valence electrons. The normalized spacial score (nSPS) is 21.1. The van der Waals surface area contributed by atoms with E-state index < -0.39 is 17.6 Å². The van der Waals surface area contributed by atoms with Crippen LogP contribution in [0.1, 0.15) is 61.2 Å². The molecule has 2 fully saturated rings. The molecular weight excluding hydrogens is 549 g/mol. The van der Waals surface area contributed by atoms with Gasteiger partial charge in [-0.25, -0.2) is 14.2 Å². The molecule has 3 aliphatic rings. The fourth-order valence-electron chi connectivity index (χ4n) is 5.69. The van der Waals surface area contributed by atoms with Crippen molar-refractivity contribution in [1.82, 2.24) is 14.5 Å². The number of ether oxygens (including phenoxy) is 3. The van der Waals surface area contributed by atoms with Crippen LogP contribution in [0.4, 0.5) is 4.39 Å². The fraction of sp³-hybridized carbons (Fsp3) is 0.419. The summed E-state index contributed by atoms with van der Waals surface area (Å²) in [5.41, 5.74) is 2.13. The first-order chi connectivity index (χ1) is 19.8. The fourth-order valence-corrected chi connectivity index (χ4v) is 5.85. The molecule has 0 spiro atoms. The van der Waals surface area contributed by atoms with Gasteiger partial charge in [-0.2, -0.15) is 0 Å². The number of fused-ring (bicyclic) bond motifs is 1. The molecule has 0 radical (unpaired) electrons. The number of hydrogen-bond acceptors (Lipinski definition) is 6. The number of carboxylic acids is 1. The third-order valence-corrected chi connectivity index (χ3v) is 8.22. The average molecular weight is 582 g/mol. The number of hydrogen-bond donors (Lipinski definition) is 1. The van der Waals surface area contributed by atoms with Crippen molar-refractivity contribution in [2.24, 2.45) is 0 Å². The molecule has 41 heavy (non-hydrogen) atoms. The number of benzene rings is 2. The van der Waals surface area contributed by atoms with E-state index >= 15 is 0 Å². The molecule has 1 aromatic heterocycles. The quantitative estimate of drug-likeness (QED) is 0.295. The van der Waals surface area contributed by atoms with E-state index in [0.717, 1.165) is 61.9 Å². The van der Waals surface area contributed by atoms with Gasteiger partial charge in [0.1, 0.15) is 11.6 Å². The summed E-state index contributed by atoms with van der Waals surface area (Å²) in [6.07, 6.45) is 8.87. The molecule has 1 N–H and O–H groups in total. The third kappa shape index (κ3) is 6.12. The van der Waals surface area contributed by atoms with Crippen molar-refractivity contribution >= 4 is 23.6 Å². The first-order valence-corrected chi connectivity index (χ1v) is 14.4. The molecule has 2 aromatic carbocycles. The molecule has 1 unspecified atom stereocenters. The summed E-state index contributed by atoms with van der Waals surface area (Å²) in [6, 6.07) is 10.4. The number of piperidine rings is 1. The van der Waals surface area contributed by atoms with Crippen LogP contribution in [-0.2, 0) is 28.4 Å². The molecule has 0 amide bonds. The zero-order valence-electron chi connectivity index (χ0n) is 22.9. The van der Waals surface area contributed by atoms with Gasteiger partial charge in [0.15, 0.2) is 11.5 Å². The van der Waals surface area contributed by atoms with Crippen molar-refractivity contribution in [2.45, 2.75) is 63.5 Å². The summed E-state index contributed by atoms with van der Waals surface area (Å²) in [6.45, 7) is 5.32. The van der Waals surface area contributed by atoms with E-state index in [9.17, 15) is 9.18 Å². The van der Waals surface area contributed by atoms with Crippen LogP contribution in [-0.4, -0.2) is 51.3 Å². The highest BCUT2D eigenvalue weighted by atomic mass is 35.5. The number of aromatic nitrogens is 2. The standard InChI is InChI=1S/C31H33ClFN3O5/c1-31(25-9-5-21(32)17-26(25)33)40-27-4-2-3-24(30(27)41-31)20-11-13-35(14-12-20)19-28-34-18-22(6-10-29(37)38)36(28)15-16-39-23-7-8-23/h2-6,9-10,17-18,20,23H,7-8,11-16,19H2,1H3,(H,37,38)/b10-6+. The maximum absolute atomic E-state index is 14.8. The Morgan fingerprint density at radius 3 is 2.76 bits per heavy atom. The van der Waals surface area contributed by atoms with Gasteiger partial charge in [0, 0.05) is 30.1 Å². The van der Waals surface area contributed by atoms with Crippen LogP contribution in [0.5, 0.6) is 11.5 Å². The highest BCUT2D eigenvalue weighted by Gasteiger charge is 2.43. The first kappa shape index (κ1) is 27.8. The van der Waals surface area contributed by atoms with Crippen LogP contribution in [0, 0.1) is 5.82 Å². The van der Waals surface area contributed by atoms with Crippen molar-refractivity contribution in [3.8, 4) is 11.5 Å². The van der Waals surface area contributed by atoms with Crippen molar-refractivity contribution < 1.29 is 28.5 Å². The molecule has 3 aromatic rings. The molecule has 1 atom stereocenters. The molecule has 6 rings (SSSR count). The second-order valence-electron chi connectivity index (χ2n) is 11.0. The van der Waals surface area contributed by atoms with E-state index in [1.54, 1.807) is 31.3 Å². The summed E-state index contributed by atoms with van der Waals surface area (Å²) in [4.78, 5) is 18.1. The second-order valence-corrected chi connectivity index (χ2v) is 11.4. The number of para-hydroxylation sites is 1. The highest BCUT2D eigenvalue weighted by Crippen LogP contribution is 2.49. The predicted octanol–water partition coefficient (Wildman–Crippen LogP) is 5.98. The molecular formula is C31H33ClFN3O5. The maximum atomic E-state index is 14.8. The van der Waals surface area contributed by atoms with Crippen molar-refractivity contribution in [3.05, 3.63) is 82.2 Å².